The van der Waals surface area contributed by atoms with E-state index in [1.54, 1.807) is 6.07 Å². The molecule has 0 spiro atoms. The fraction of sp³-hybridized carbons (Fsp3) is 0.150. The lowest BCUT2D eigenvalue weighted by atomic mass is 10.0. The van der Waals surface area contributed by atoms with Gasteiger partial charge in [0.1, 0.15) is 11.6 Å². The molecule has 1 amide bonds. The van der Waals surface area contributed by atoms with Gasteiger partial charge in [0.25, 0.3) is 0 Å². The molecule has 0 heterocycles. The fourth-order valence-corrected chi connectivity index (χ4v) is 2.80. The lowest BCUT2D eigenvalue weighted by molar-refractivity contribution is -0.117. The minimum absolute atomic E-state index is 0.153. The van der Waals surface area contributed by atoms with Crippen LogP contribution in [-0.2, 0) is 11.3 Å². The quantitative estimate of drug-likeness (QED) is 0.745. The van der Waals surface area contributed by atoms with Crippen molar-refractivity contribution in [3.8, 4) is 5.75 Å². The number of anilines is 1. The van der Waals surface area contributed by atoms with Crippen molar-refractivity contribution in [2.24, 2.45) is 0 Å². The van der Waals surface area contributed by atoms with Crippen molar-refractivity contribution in [3.63, 3.8) is 0 Å². The molecule has 0 aromatic heterocycles. The zero-order chi connectivity index (χ0) is 17.8. The number of phenols is 1. The number of fused-ring (bicyclic) bond motifs is 1. The van der Waals surface area contributed by atoms with Crippen LogP contribution in [0.1, 0.15) is 5.56 Å². The molecule has 2 N–H and O–H groups in total. The van der Waals surface area contributed by atoms with E-state index in [0.29, 0.717) is 12.2 Å². The highest BCUT2D eigenvalue weighted by molar-refractivity contribution is 5.92. The highest BCUT2D eigenvalue weighted by Gasteiger charge is 2.12. The summed E-state index contributed by atoms with van der Waals surface area (Å²) in [4.78, 5) is 14.0. The van der Waals surface area contributed by atoms with E-state index in [9.17, 15) is 14.3 Å². The third-order valence-electron chi connectivity index (χ3n) is 3.99. The van der Waals surface area contributed by atoms with Crippen molar-refractivity contribution in [1.29, 1.82) is 0 Å². The van der Waals surface area contributed by atoms with Crippen LogP contribution in [0.5, 0.6) is 5.75 Å². The second-order valence-electron chi connectivity index (χ2n) is 6.01. The number of hydrogen-bond donors (Lipinski definition) is 2. The lowest BCUT2D eigenvalue weighted by Gasteiger charge is -2.18. The van der Waals surface area contributed by atoms with Crippen molar-refractivity contribution >= 4 is 22.4 Å². The van der Waals surface area contributed by atoms with Gasteiger partial charge >= 0.3 is 0 Å². The summed E-state index contributed by atoms with van der Waals surface area (Å²) < 4.78 is 12.9. The molecule has 0 fully saturated rings. The maximum atomic E-state index is 12.9. The van der Waals surface area contributed by atoms with Crippen LogP contribution in [0.4, 0.5) is 10.1 Å². The number of rotatable bonds is 5. The average Bonchev–Trinajstić information content (AvgIpc) is 2.59. The molecule has 3 aromatic rings. The molecule has 0 aliphatic rings. The van der Waals surface area contributed by atoms with Crippen molar-refractivity contribution < 1.29 is 14.3 Å². The van der Waals surface area contributed by atoms with Crippen LogP contribution >= 0.6 is 0 Å². The van der Waals surface area contributed by atoms with Crippen LogP contribution in [0, 0.1) is 5.82 Å². The molecule has 4 nitrogen and oxygen atoms in total. The maximum absolute atomic E-state index is 12.9. The SMILES string of the molecule is CN(CC(=O)Nc1ccc(F)cc1)Cc1c(O)ccc2ccccc12. The first-order chi connectivity index (χ1) is 12.0. The first-order valence-electron chi connectivity index (χ1n) is 7.96. The van der Waals surface area contributed by atoms with Crippen LogP contribution < -0.4 is 5.32 Å². The zero-order valence-corrected chi connectivity index (χ0v) is 13.9. The molecule has 25 heavy (non-hydrogen) atoms. The van der Waals surface area contributed by atoms with E-state index in [1.807, 2.05) is 42.3 Å². The molecule has 0 bridgehead atoms. The molecule has 3 rings (SSSR count). The van der Waals surface area contributed by atoms with E-state index in [0.717, 1.165) is 16.3 Å². The topological polar surface area (TPSA) is 52.6 Å². The van der Waals surface area contributed by atoms with Gasteiger partial charge in [-0.1, -0.05) is 30.3 Å². The minimum atomic E-state index is -0.346. The van der Waals surface area contributed by atoms with Crippen molar-refractivity contribution in [1.82, 2.24) is 4.90 Å². The molecule has 0 unspecified atom stereocenters. The Morgan fingerprint density at radius 2 is 1.80 bits per heavy atom. The normalized spacial score (nSPS) is 11.0. The number of carbonyl (C=O) groups excluding carboxylic acids is 1. The standard InChI is InChI=1S/C20H19FN2O2/c1-23(13-20(25)22-16-9-7-15(21)8-10-16)12-18-17-5-3-2-4-14(17)6-11-19(18)24/h2-11,24H,12-13H2,1H3,(H,22,25). The molecule has 0 saturated carbocycles. The lowest BCUT2D eigenvalue weighted by Crippen LogP contribution is -2.29. The Morgan fingerprint density at radius 1 is 1.08 bits per heavy atom. The van der Waals surface area contributed by atoms with Gasteiger partial charge in [0.15, 0.2) is 0 Å². The maximum Gasteiger partial charge on any atom is 0.238 e. The monoisotopic (exact) mass is 338 g/mol. The Balaban J connectivity index is 1.68. The number of amides is 1. The van der Waals surface area contributed by atoms with E-state index in [-0.39, 0.29) is 24.0 Å². The van der Waals surface area contributed by atoms with Gasteiger partial charge in [-0.2, -0.15) is 0 Å². The molecule has 0 atom stereocenters. The van der Waals surface area contributed by atoms with Crippen LogP contribution in [0.25, 0.3) is 10.8 Å². The number of carbonyl (C=O) groups is 1. The summed E-state index contributed by atoms with van der Waals surface area (Å²) in [5.41, 5.74) is 1.34. The average molecular weight is 338 g/mol. The van der Waals surface area contributed by atoms with Crippen molar-refractivity contribution in [2.45, 2.75) is 6.54 Å². The molecule has 3 aromatic carbocycles. The Kier molecular flexibility index (Phi) is 4.95. The first-order valence-corrected chi connectivity index (χ1v) is 7.96. The molecule has 128 valence electrons. The fourth-order valence-electron chi connectivity index (χ4n) is 2.80. The summed E-state index contributed by atoms with van der Waals surface area (Å²) in [7, 11) is 1.81. The van der Waals surface area contributed by atoms with Crippen molar-refractivity contribution in [3.05, 3.63) is 72.0 Å². The van der Waals surface area contributed by atoms with Crippen LogP contribution in [0.2, 0.25) is 0 Å². The summed E-state index contributed by atoms with van der Waals surface area (Å²) in [6, 6.07) is 17.0. The summed E-state index contributed by atoms with van der Waals surface area (Å²) in [5, 5.41) is 14.9. The van der Waals surface area contributed by atoms with Gasteiger partial charge in [0.2, 0.25) is 5.91 Å². The van der Waals surface area contributed by atoms with Crippen LogP contribution in [0.3, 0.4) is 0 Å². The highest BCUT2D eigenvalue weighted by atomic mass is 19.1. The number of hydrogen-bond acceptors (Lipinski definition) is 3. The van der Waals surface area contributed by atoms with E-state index >= 15 is 0 Å². The van der Waals surface area contributed by atoms with Gasteiger partial charge in [-0.15, -0.1) is 0 Å². The number of nitrogens with zero attached hydrogens (tertiary/aromatic N) is 1. The predicted molar refractivity (Wildman–Crippen MR) is 97.0 cm³/mol. The van der Waals surface area contributed by atoms with Gasteiger partial charge < -0.3 is 10.4 Å². The van der Waals surface area contributed by atoms with E-state index in [4.69, 9.17) is 0 Å². The third kappa shape index (κ3) is 4.14. The molecule has 5 heteroatoms. The van der Waals surface area contributed by atoms with Gasteiger partial charge in [-0.05, 0) is 48.2 Å². The van der Waals surface area contributed by atoms with Crippen molar-refractivity contribution in [2.75, 3.05) is 18.9 Å². The minimum Gasteiger partial charge on any atom is -0.508 e. The van der Waals surface area contributed by atoms with Gasteiger partial charge in [0.05, 0.1) is 6.54 Å². The van der Waals surface area contributed by atoms with Crippen LogP contribution in [0.15, 0.2) is 60.7 Å². The molecule has 0 saturated heterocycles. The Labute approximate surface area is 145 Å². The summed E-state index contributed by atoms with van der Waals surface area (Å²) >= 11 is 0. The number of benzene rings is 3. The number of phenolic OH excluding ortho intramolecular Hbond substituents is 1. The van der Waals surface area contributed by atoms with Gasteiger partial charge in [-0.3, -0.25) is 9.69 Å². The molecular formula is C20H19FN2O2. The number of likely N-dealkylation sites (N-methyl/N-ethyl adjacent to an activating group) is 1. The van der Waals surface area contributed by atoms with Gasteiger partial charge in [0, 0.05) is 17.8 Å². The van der Waals surface area contributed by atoms with E-state index < -0.39 is 0 Å². The second-order valence-corrected chi connectivity index (χ2v) is 6.01. The Bertz CT molecular complexity index is 894. The van der Waals surface area contributed by atoms with Gasteiger partial charge in [-0.25, -0.2) is 4.39 Å². The molecule has 0 radical (unpaired) electrons. The van der Waals surface area contributed by atoms with E-state index in [2.05, 4.69) is 5.32 Å². The summed E-state index contributed by atoms with van der Waals surface area (Å²) in [6.07, 6.45) is 0. The Morgan fingerprint density at radius 3 is 2.56 bits per heavy atom. The smallest absolute Gasteiger partial charge is 0.238 e. The Hall–Kier alpha value is -2.92. The number of aromatic hydroxyl groups is 1. The second kappa shape index (κ2) is 7.32. The number of halogens is 1. The number of nitrogens with one attached hydrogen (secondary N) is 1. The summed E-state index contributed by atoms with van der Waals surface area (Å²) in [5.74, 6) is -0.333. The third-order valence-corrected chi connectivity index (χ3v) is 3.99. The zero-order valence-electron chi connectivity index (χ0n) is 13.9. The largest absolute Gasteiger partial charge is 0.508 e. The predicted octanol–water partition coefficient (Wildman–Crippen LogP) is 3.76. The summed E-state index contributed by atoms with van der Waals surface area (Å²) in [6.45, 7) is 0.587. The highest BCUT2D eigenvalue weighted by Crippen LogP contribution is 2.28. The molecule has 0 aliphatic carbocycles. The molecular weight excluding hydrogens is 319 g/mol. The van der Waals surface area contributed by atoms with Crippen LogP contribution in [-0.4, -0.2) is 29.5 Å². The molecule has 0 aliphatic heterocycles. The first kappa shape index (κ1) is 16.9. The van der Waals surface area contributed by atoms with E-state index in [1.165, 1.54) is 24.3 Å².